The van der Waals surface area contributed by atoms with Crippen LogP contribution in [0.15, 0.2) is 48.5 Å². The summed E-state index contributed by atoms with van der Waals surface area (Å²) in [5.41, 5.74) is 0.800. The zero-order chi connectivity index (χ0) is 18.5. The number of benzene rings is 2. The van der Waals surface area contributed by atoms with Crippen LogP contribution in [0.1, 0.15) is 28.8 Å². The minimum Gasteiger partial charge on any atom is -0.349 e. The first-order valence-corrected chi connectivity index (χ1v) is 8.60. The summed E-state index contributed by atoms with van der Waals surface area (Å²) < 4.78 is 26.6. The van der Waals surface area contributed by atoms with E-state index in [1.807, 2.05) is 0 Å². The largest absolute Gasteiger partial charge is 0.349 e. The SMILES string of the molecule is O=C(NC1CCN(C(=O)Cc2ccc(F)cc2)CC1)c1ccccc1F. The first-order valence-electron chi connectivity index (χ1n) is 8.60. The second-order valence-electron chi connectivity index (χ2n) is 6.41. The molecule has 2 aromatic rings. The van der Waals surface area contributed by atoms with Crippen LogP contribution in [0.5, 0.6) is 0 Å². The molecule has 1 N–H and O–H groups in total. The van der Waals surface area contributed by atoms with Crippen LogP contribution in [-0.2, 0) is 11.2 Å². The van der Waals surface area contributed by atoms with Crippen LogP contribution >= 0.6 is 0 Å². The highest BCUT2D eigenvalue weighted by molar-refractivity contribution is 5.94. The fourth-order valence-electron chi connectivity index (χ4n) is 3.07. The van der Waals surface area contributed by atoms with Crippen molar-refractivity contribution in [1.29, 1.82) is 0 Å². The zero-order valence-corrected chi connectivity index (χ0v) is 14.3. The number of hydrogen-bond donors (Lipinski definition) is 1. The van der Waals surface area contributed by atoms with Crippen molar-refractivity contribution in [2.75, 3.05) is 13.1 Å². The van der Waals surface area contributed by atoms with Gasteiger partial charge in [-0.15, -0.1) is 0 Å². The van der Waals surface area contributed by atoms with Crippen molar-refractivity contribution in [3.05, 3.63) is 71.3 Å². The molecule has 6 heteroatoms. The Bertz CT molecular complexity index is 785. The Morgan fingerprint density at radius 1 is 1.00 bits per heavy atom. The van der Waals surface area contributed by atoms with Crippen LogP contribution in [0.25, 0.3) is 0 Å². The molecule has 0 bridgehead atoms. The van der Waals surface area contributed by atoms with Crippen molar-refractivity contribution in [3.8, 4) is 0 Å². The van der Waals surface area contributed by atoms with Crippen LogP contribution in [0, 0.1) is 11.6 Å². The number of nitrogens with one attached hydrogen (secondary N) is 1. The number of halogens is 2. The lowest BCUT2D eigenvalue weighted by Gasteiger charge is -2.32. The summed E-state index contributed by atoms with van der Waals surface area (Å²) in [5.74, 6) is -1.32. The number of hydrogen-bond acceptors (Lipinski definition) is 2. The third kappa shape index (κ3) is 4.45. The lowest BCUT2D eigenvalue weighted by Crippen LogP contribution is -2.47. The van der Waals surface area contributed by atoms with E-state index in [1.165, 1.54) is 30.3 Å². The van der Waals surface area contributed by atoms with E-state index in [1.54, 1.807) is 23.1 Å². The third-order valence-corrected chi connectivity index (χ3v) is 4.57. The van der Waals surface area contributed by atoms with Gasteiger partial charge in [0.05, 0.1) is 12.0 Å². The number of nitrogens with zero attached hydrogens (tertiary/aromatic N) is 1. The van der Waals surface area contributed by atoms with Crippen LogP contribution in [0.3, 0.4) is 0 Å². The summed E-state index contributed by atoms with van der Waals surface area (Å²) >= 11 is 0. The first-order chi connectivity index (χ1) is 12.5. The van der Waals surface area contributed by atoms with Gasteiger partial charge < -0.3 is 10.2 Å². The van der Waals surface area contributed by atoms with Crippen LogP contribution < -0.4 is 5.32 Å². The zero-order valence-electron chi connectivity index (χ0n) is 14.3. The summed E-state index contributed by atoms with van der Waals surface area (Å²) in [5, 5.41) is 2.83. The molecule has 1 aliphatic rings. The first kappa shape index (κ1) is 18.0. The molecule has 1 fully saturated rings. The second kappa shape index (κ2) is 8.08. The van der Waals surface area contributed by atoms with E-state index in [9.17, 15) is 18.4 Å². The Balaban J connectivity index is 1.49. The quantitative estimate of drug-likeness (QED) is 0.914. The predicted octanol–water partition coefficient (Wildman–Crippen LogP) is 2.93. The monoisotopic (exact) mass is 358 g/mol. The number of amides is 2. The van der Waals surface area contributed by atoms with Gasteiger partial charge in [0, 0.05) is 19.1 Å². The fourth-order valence-corrected chi connectivity index (χ4v) is 3.07. The van der Waals surface area contributed by atoms with Gasteiger partial charge in [0.2, 0.25) is 5.91 Å². The second-order valence-corrected chi connectivity index (χ2v) is 6.41. The molecule has 0 radical (unpaired) electrons. The van der Waals surface area contributed by atoms with Gasteiger partial charge in [-0.1, -0.05) is 24.3 Å². The standard InChI is InChI=1S/C20H20F2N2O2/c21-15-7-5-14(6-8-15)13-19(25)24-11-9-16(10-12-24)23-20(26)17-3-1-2-4-18(17)22/h1-8,16H,9-13H2,(H,23,26). The number of carbonyl (C=O) groups excluding carboxylic acids is 2. The molecule has 26 heavy (non-hydrogen) atoms. The van der Waals surface area contributed by atoms with E-state index < -0.39 is 11.7 Å². The molecule has 0 spiro atoms. The number of piperidine rings is 1. The molecule has 0 aromatic heterocycles. The van der Waals surface area contributed by atoms with Crippen molar-refractivity contribution >= 4 is 11.8 Å². The van der Waals surface area contributed by atoms with Gasteiger partial charge in [0.1, 0.15) is 11.6 Å². The number of rotatable bonds is 4. The Morgan fingerprint density at radius 3 is 2.31 bits per heavy atom. The molecule has 1 aliphatic heterocycles. The van der Waals surface area contributed by atoms with Crippen molar-refractivity contribution in [3.63, 3.8) is 0 Å². The highest BCUT2D eigenvalue weighted by Crippen LogP contribution is 2.14. The summed E-state index contributed by atoms with van der Waals surface area (Å²) in [6, 6.07) is 11.7. The van der Waals surface area contributed by atoms with Gasteiger partial charge in [-0.3, -0.25) is 9.59 Å². The van der Waals surface area contributed by atoms with Gasteiger partial charge >= 0.3 is 0 Å². The van der Waals surface area contributed by atoms with Gasteiger partial charge in [-0.05, 0) is 42.7 Å². The van der Waals surface area contributed by atoms with E-state index in [-0.39, 0.29) is 29.8 Å². The van der Waals surface area contributed by atoms with Crippen LogP contribution in [-0.4, -0.2) is 35.8 Å². The molecule has 0 aliphatic carbocycles. The van der Waals surface area contributed by atoms with E-state index >= 15 is 0 Å². The molecule has 2 amide bonds. The van der Waals surface area contributed by atoms with Crippen molar-refractivity contribution in [2.24, 2.45) is 0 Å². The summed E-state index contributed by atoms with van der Waals surface area (Å²) in [7, 11) is 0. The molecule has 0 saturated carbocycles. The Kier molecular flexibility index (Phi) is 5.61. The molecule has 3 rings (SSSR count). The average Bonchev–Trinajstić information content (AvgIpc) is 2.64. The Labute approximate surface area is 150 Å². The van der Waals surface area contributed by atoms with Crippen molar-refractivity contribution < 1.29 is 18.4 Å². The fraction of sp³-hybridized carbons (Fsp3) is 0.300. The van der Waals surface area contributed by atoms with Gasteiger partial charge in [-0.25, -0.2) is 8.78 Å². The molecule has 0 unspecified atom stereocenters. The smallest absolute Gasteiger partial charge is 0.254 e. The maximum atomic E-state index is 13.7. The van der Waals surface area contributed by atoms with E-state index in [2.05, 4.69) is 5.32 Å². The van der Waals surface area contributed by atoms with Gasteiger partial charge in [0.25, 0.3) is 5.91 Å². The predicted molar refractivity (Wildman–Crippen MR) is 93.6 cm³/mol. The molecule has 1 heterocycles. The van der Waals surface area contributed by atoms with Gasteiger partial charge in [0.15, 0.2) is 0 Å². The minimum absolute atomic E-state index is 0.0181. The Hall–Kier alpha value is -2.76. The highest BCUT2D eigenvalue weighted by Gasteiger charge is 2.24. The molecule has 0 atom stereocenters. The minimum atomic E-state index is -0.545. The summed E-state index contributed by atoms with van der Waals surface area (Å²) in [6.45, 7) is 1.06. The maximum Gasteiger partial charge on any atom is 0.254 e. The van der Waals surface area contributed by atoms with E-state index in [0.29, 0.717) is 25.9 Å². The summed E-state index contributed by atoms with van der Waals surface area (Å²) in [6.07, 6.45) is 1.47. The average molecular weight is 358 g/mol. The molecular formula is C20H20F2N2O2. The molecule has 136 valence electrons. The van der Waals surface area contributed by atoms with E-state index in [0.717, 1.165) is 5.56 Å². The molecule has 2 aromatic carbocycles. The third-order valence-electron chi connectivity index (χ3n) is 4.57. The maximum absolute atomic E-state index is 13.7. The molecular weight excluding hydrogens is 338 g/mol. The number of likely N-dealkylation sites (tertiary alicyclic amines) is 1. The van der Waals surface area contributed by atoms with Crippen LogP contribution in [0.2, 0.25) is 0 Å². The topological polar surface area (TPSA) is 49.4 Å². The van der Waals surface area contributed by atoms with Gasteiger partial charge in [-0.2, -0.15) is 0 Å². The molecule has 4 nitrogen and oxygen atoms in total. The lowest BCUT2D eigenvalue weighted by atomic mass is 10.0. The Morgan fingerprint density at radius 2 is 1.65 bits per heavy atom. The van der Waals surface area contributed by atoms with E-state index in [4.69, 9.17) is 0 Å². The van der Waals surface area contributed by atoms with Crippen molar-refractivity contribution in [2.45, 2.75) is 25.3 Å². The highest BCUT2D eigenvalue weighted by atomic mass is 19.1. The van der Waals surface area contributed by atoms with Crippen LogP contribution in [0.4, 0.5) is 8.78 Å². The normalized spacial score (nSPS) is 14.9. The molecule has 1 saturated heterocycles. The number of carbonyl (C=O) groups is 2. The van der Waals surface area contributed by atoms with Crippen molar-refractivity contribution in [1.82, 2.24) is 10.2 Å². The lowest BCUT2D eigenvalue weighted by molar-refractivity contribution is -0.131. The summed E-state index contributed by atoms with van der Waals surface area (Å²) in [4.78, 5) is 26.2.